The Labute approximate surface area is 455 Å². The van der Waals surface area contributed by atoms with E-state index >= 15 is 0 Å². The van der Waals surface area contributed by atoms with Gasteiger partial charge in [-0.1, -0.05) is 52.7 Å². The van der Waals surface area contributed by atoms with E-state index in [1.165, 1.54) is 20.8 Å². The Morgan fingerprint density at radius 1 is 0.443 bits per heavy atom. The first-order chi connectivity index (χ1) is 37.6. The normalized spacial score (nSPS) is 47.5. The fourth-order valence-electron chi connectivity index (χ4n) is 10.2. The van der Waals surface area contributed by atoms with E-state index in [0.717, 1.165) is 25.7 Å². The molecule has 0 bridgehead atoms. The van der Waals surface area contributed by atoms with Crippen molar-refractivity contribution in [1.82, 2.24) is 0 Å². The van der Waals surface area contributed by atoms with Gasteiger partial charge in [0.15, 0.2) is 43.8 Å². The van der Waals surface area contributed by atoms with E-state index in [4.69, 9.17) is 56.8 Å². The maximum Gasteiger partial charge on any atom is 0.309 e. The molecule has 0 amide bonds. The average molecular weight is 1150 g/mol. The summed E-state index contributed by atoms with van der Waals surface area (Å²) in [4.78, 5) is 13.8. The molecule has 6 saturated heterocycles. The summed E-state index contributed by atoms with van der Waals surface area (Å²) >= 11 is 0. The molecule has 6 aliphatic rings. The van der Waals surface area contributed by atoms with Gasteiger partial charge in [-0.25, -0.2) is 0 Å². The van der Waals surface area contributed by atoms with E-state index < -0.39 is 235 Å². The van der Waals surface area contributed by atoms with E-state index in [-0.39, 0.29) is 6.42 Å². The van der Waals surface area contributed by atoms with Crippen LogP contribution >= 0.6 is 0 Å². The highest BCUT2D eigenvalue weighted by Gasteiger charge is 2.57. The third kappa shape index (κ3) is 15.3. The number of rotatable bonds is 24. The molecule has 79 heavy (non-hydrogen) atoms. The van der Waals surface area contributed by atoms with Gasteiger partial charge in [0.05, 0.1) is 70.0 Å². The third-order valence-electron chi connectivity index (χ3n) is 15.5. The summed E-state index contributed by atoms with van der Waals surface area (Å²) in [6, 6.07) is 0. The van der Waals surface area contributed by atoms with Gasteiger partial charge in [-0.15, -0.1) is 0 Å². The van der Waals surface area contributed by atoms with Crippen molar-refractivity contribution >= 4 is 5.97 Å². The van der Waals surface area contributed by atoms with Crippen LogP contribution in [-0.2, 0) is 61.6 Å². The number of hydrogen-bond donors (Lipinski definition) is 17. The van der Waals surface area contributed by atoms with Crippen LogP contribution in [0, 0.1) is 17.8 Å². The average Bonchev–Trinajstić information content (AvgIpc) is 3.52. The van der Waals surface area contributed by atoms with Gasteiger partial charge in [-0.3, -0.25) is 4.79 Å². The molecular weight excluding hydrogens is 1070 g/mol. The molecule has 30 heteroatoms. The molecule has 460 valence electrons. The first-order valence-electron chi connectivity index (χ1n) is 26.8. The van der Waals surface area contributed by atoms with Gasteiger partial charge < -0.3 is 144 Å². The van der Waals surface area contributed by atoms with Crippen molar-refractivity contribution in [3.8, 4) is 0 Å². The van der Waals surface area contributed by atoms with Crippen molar-refractivity contribution in [1.29, 1.82) is 0 Å². The maximum atomic E-state index is 13.8. The van der Waals surface area contributed by atoms with E-state index in [1.807, 2.05) is 13.0 Å². The minimum Gasteiger partial charge on any atom is -0.454 e. The topological polar surface area (TPSA) is 472 Å². The van der Waals surface area contributed by atoms with Gasteiger partial charge in [0.1, 0.15) is 104 Å². The van der Waals surface area contributed by atoms with Gasteiger partial charge in [0.25, 0.3) is 0 Å². The Bertz CT molecular complexity index is 1830. The molecule has 0 spiro atoms. The van der Waals surface area contributed by atoms with Crippen LogP contribution < -0.4 is 0 Å². The molecule has 17 N–H and O–H groups in total. The Balaban J connectivity index is 1.20. The van der Waals surface area contributed by atoms with E-state index in [9.17, 15) is 91.6 Å². The predicted molar refractivity (Wildman–Crippen MR) is 256 cm³/mol. The number of hydrogen-bond acceptors (Lipinski definition) is 30. The lowest BCUT2D eigenvalue weighted by Gasteiger charge is -2.49. The molecule has 0 radical (unpaired) electrons. The van der Waals surface area contributed by atoms with Crippen molar-refractivity contribution in [3.05, 3.63) is 12.2 Å². The fourth-order valence-corrected chi connectivity index (χ4v) is 10.2. The number of aliphatic hydroxyl groups is 17. The summed E-state index contributed by atoms with van der Waals surface area (Å²) in [7, 11) is 0. The number of aliphatic hydroxyl groups excluding tert-OH is 17. The summed E-state index contributed by atoms with van der Waals surface area (Å²) in [6.07, 6.45) is -42.6. The van der Waals surface area contributed by atoms with Crippen molar-refractivity contribution < 1.29 is 148 Å². The van der Waals surface area contributed by atoms with Gasteiger partial charge >= 0.3 is 5.97 Å². The van der Waals surface area contributed by atoms with Crippen LogP contribution in [0.1, 0.15) is 59.8 Å². The highest BCUT2D eigenvalue weighted by Crippen LogP contribution is 2.37. The molecule has 31 atom stereocenters. The molecule has 6 rings (SSSR count). The summed E-state index contributed by atoms with van der Waals surface area (Å²) in [5, 5.41) is 184. The van der Waals surface area contributed by atoms with Crippen molar-refractivity contribution in [2.75, 3.05) is 39.6 Å². The highest BCUT2D eigenvalue weighted by molar-refractivity contribution is 5.72. The summed E-state index contributed by atoms with van der Waals surface area (Å²) < 4.78 is 69.3. The summed E-state index contributed by atoms with van der Waals surface area (Å²) in [5.74, 6) is -3.34. The Kier molecular flexibility index (Phi) is 25.4. The van der Waals surface area contributed by atoms with Gasteiger partial charge in [0.2, 0.25) is 0 Å². The van der Waals surface area contributed by atoms with Crippen molar-refractivity contribution in [2.24, 2.45) is 17.8 Å². The van der Waals surface area contributed by atoms with Crippen LogP contribution in [0.4, 0.5) is 0 Å². The number of allylic oxidation sites excluding steroid dienone is 2. The number of carbonyl (C=O) groups excluding carboxylic acids is 1. The lowest BCUT2D eigenvalue weighted by Crippen LogP contribution is -2.68. The van der Waals surface area contributed by atoms with Gasteiger partial charge in [-0.2, -0.15) is 0 Å². The van der Waals surface area contributed by atoms with Crippen LogP contribution in [0.2, 0.25) is 0 Å². The summed E-state index contributed by atoms with van der Waals surface area (Å²) in [5.41, 5.74) is 0. The second-order valence-electron chi connectivity index (χ2n) is 21.0. The molecule has 30 nitrogen and oxygen atoms in total. The second kappa shape index (κ2) is 30.3. The van der Waals surface area contributed by atoms with Crippen LogP contribution in [0.5, 0.6) is 0 Å². The number of carbonyl (C=O) groups is 1. The zero-order valence-electron chi connectivity index (χ0n) is 44.2. The molecule has 0 aromatic heterocycles. The maximum absolute atomic E-state index is 13.8. The minimum absolute atomic E-state index is 0.155. The number of unbranched alkanes of at least 4 members (excludes halogenated alkanes) is 3. The molecule has 6 aliphatic heterocycles. The van der Waals surface area contributed by atoms with E-state index in [0.29, 0.717) is 0 Å². The quantitative estimate of drug-likeness (QED) is 0.0242. The Morgan fingerprint density at radius 3 is 1.32 bits per heavy atom. The lowest BCUT2D eigenvalue weighted by molar-refractivity contribution is -0.389. The molecule has 0 aromatic rings. The van der Waals surface area contributed by atoms with E-state index in [2.05, 4.69) is 0 Å². The Morgan fingerprint density at radius 2 is 0.835 bits per heavy atom. The van der Waals surface area contributed by atoms with Crippen LogP contribution in [0.15, 0.2) is 12.2 Å². The lowest BCUT2D eigenvalue weighted by atomic mass is 9.91. The third-order valence-corrected chi connectivity index (χ3v) is 15.5. The van der Waals surface area contributed by atoms with Gasteiger partial charge in [0, 0.05) is 11.8 Å². The van der Waals surface area contributed by atoms with Crippen molar-refractivity contribution in [2.45, 2.75) is 232 Å². The predicted octanol–water partition coefficient (Wildman–Crippen LogP) is -7.84. The second-order valence-corrected chi connectivity index (χ2v) is 21.0. The number of ether oxygens (including phenoxy) is 12. The monoisotopic (exact) mass is 1150 g/mol. The largest absolute Gasteiger partial charge is 0.454 e. The fraction of sp³-hybridized carbons (Fsp3) is 0.939. The zero-order valence-corrected chi connectivity index (χ0v) is 44.2. The molecule has 31 unspecified atom stereocenters. The highest BCUT2D eigenvalue weighted by atomic mass is 16.8. The van der Waals surface area contributed by atoms with Gasteiger partial charge in [-0.05, 0) is 19.3 Å². The first kappa shape index (κ1) is 66.2. The van der Waals surface area contributed by atoms with Crippen LogP contribution in [0.25, 0.3) is 0 Å². The molecule has 6 fully saturated rings. The molecule has 6 heterocycles. The van der Waals surface area contributed by atoms with Crippen molar-refractivity contribution in [3.63, 3.8) is 0 Å². The molecule has 0 saturated carbocycles. The summed E-state index contributed by atoms with van der Waals surface area (Å²) in [6.45, 7) is 1.67. The minimum atomic E-state index is -2.14. The van der Waals surface area contributed by atoms with Crippen LogP contribution in [0.3, 0.4) is 0 Å². The Hall–Kier alpha value is -1.91. The number of esters is 1. The SMILES string of the molecule is CCCCC/C=C/CC(C)C(=O)OC1C(OC2C(COC3OC(CO)C(OC4OC(CO)C(C)C(O)C4O)C(O)C3O)OC(O)C(O)C2O)OC(CO)C(OC2OC(CO)C(OC3OC(CO)C(C)C(O)C3O)C(O)C2O)C1O. The smallest absolute Gasteiger partial charge is 0.309 e. The first-order valence-corrected chi connectivity index (χ1v) is 26.8. The van der Waals surface area contributed by atoms with E-state index in [1.54, 1.807) is 6.08 Å². The zero-order chi connectivity index (χ0) is 58.2. The molecule has 0 aromatic carbocycles. The molecular formula is C49H84O30. The van der Waals surface area contributed by atoms with Crippen LogP contribution in [-0.4, -0.2) is 304 Å². The standard InChI is InChI=1S/C49H84O30/c1-5-6-7-8-9-10-11-18(2)43(66)75-42-37(65)40(78-48-36(64)31(59)39(24(15-53)73-48)77-47-34(62)28(56)20(4)22(13-51)71-47)25(16-54)74-49(42)79-41-26(69-44(67)32(60)29(41)57)17-68-45-35(63)30(58)38(23(14-52)72-45)76-46-33(61)27(55)19(3)21(12-50)70-46/h9-10,18-42,44-65,67H,5-8,11-17H2,1-4H3/b10-9+. The molecule has 0 aliphatic carbocycles.